The van der Waals surface area contributed by atoms with Crippen LogP contribution in [0.25, 0.3) is 0 Å². The van der Waals surface area contributed by atoms with Crippen molar-refractivity contribution >= 4 is 11.7 Å². The average Bonchev–Trinajstić information content (AvgIpc) is 2.59. The number of benzene rings is 1. The van der Waals surface area contributed by atoms with Gasteiger partial charge < -0.3 is 9.75 Å². The van der Waals surface area contributed by atoms with E-state index in [9.17, 15) is 4.79 Å². The standard InChI is InChI=1S/C10H12N2O2/c1-12-9-5-3-4-7(10(13)14-2)8(9)6-11-12/h3-5,11H,6H2,1-2H3. The summed E-state index contributed by atoms with van der Waals surface area (Å²) in [6.45, 7) is 0.678. The first-order chi connectivity index (χ1) is 6.74. The summed E-state index contributed by atoms with van der Waals surface area (Å²) in [5, 5.41) is 1.90. The fourth-order valence-corrected chi connectivity index (χ4v) is 1.66. The summed E-state index contributed by atoms with van der Waals surface area (Å²) >= 11 is 0. The first kappa shape index (κ1) is 9.02. The zero-order chi connectivity index (χ0) is 10.1. The van der Waals surface area contributed by atoms with Crippen molar-refractivity contribution in [2.45, 2.75) is 6.54 Å². The largest absolute Gasteiger partial charge is 0.465 e. The van der Waals surface area contributed by atoms with Gasteiger partial charge in [0.05, 0.1) is 18.4 Å². The van der Waals surface area contributed by atoms with Gasteiger partial charge in [-0.1, -0.05) is 6.07 Å². The van der Waals surface area contributed by atoms with Crippen LogP contribution in [-0.4, -0.2) is 20.1 Å². The molecule has 0 saturated heterocycles. The van der Waals surface area contributed by atoms with E-state index < -0.39 is 0 Å². The number of hydrogen-bond acceptors (Lipinski definition) is 4. The summed E-state index contributed by atoms with van der Waals surface area (Å²) in [5.41, 5.74) is 5.81. The van der Waals surface area contributed by atoms with E-state index in [2.05, 4.69) is 5.43 Å². The number of methoxy groups -OCH3 is 1. The minimum absolute atomic E-state index is 0.279. The van der Waals surface area contributed by atoms with E-state index in [4.69, 9.17) is 4.74 Å². The predicted octanol–water partition coefficient (Wildman–Crippen LogP) is 0.928. The maximum atomic E-state index is 11.4. The van der Waals surface area contributed by atoms with Gasteiger partial charge in [0.1, 0.15) is 0 Å². The third-order valence-electron chi connectivity index (χ3n) is 2.41. The molecule has 2 rings (SSSR count). The Morgan fingerprint density at radius 3 is 3.07 bits per heavy atom. The van der Waals surface area contributed by atoms with E-state index in [1.165, 1.54) is 7.11 Å². The molecule has 14 heavy (non-hydrogen) atoms. The SMILES string of the molecule is COC(=O)c1cccc2c1CNN2C. The van der Waals surface area contributed by atoms with Gasteiger partial charge in [-0.15, -0.1) is 0 Å². The van der Waals surface area contributed by atoms with Gasteiger partial charge in [-0.05, 0) is 12.1 Å². The molecule has 74 valence electrons. The summed E-state index contributed by atoms with van der Waals surface area (Å²) < 4.78 is 4.71. The number of carbonyl (C=O) groups is 1. The lowest BCUT2D eigenvalue weighted by molar-refractivity contribution is 0.0599. The molecule has 0 amide bonds. The summed E-state index contributed by atoms with van der Waals surface area (Å²) in [6.07, 6.45) is 0. The molecule has 0 aromatic heterocycles. The molecule has 0 fully saturated rings. The quantitative estimate of drug-likeness (QED) is 0.672. The van der Waals surface area contributed by atoms with Crippen LogP contribution in [0.15, 0.2) is 18.2 Å². The molecule has 1 N–H and O–H groups in total. The molecule has 1 aliphatic rings. The van der Waals surface area contributed by atoms with Crippen molar-refractivity contribution in [1.29, 1.82) is 0 Å². The van der Waals surface area contributed by atoms with Crippen molar-refractivity contribution in [2.24, 2.45) is 0 Å². The number of fused-ring (bicyclic) bond motifs is 1. The number of nitrogens with one attached hydrogen (secondary N) is 1. The number of esters is 1. The molecule has 0 unspecified atom stereocenters. The van der Waals surface area contributed by atoms with E-state index in [1.54, 1.807) is 6.07 Å². The Kier molecular flexibility index (Phi) is 2.13. The average molecular weight is 192 g/mol. The van der Waals surface area contributed by atoms with E-state index in [-0.39, 0.29) is 5.97 Å². The van der Waals surface area contributed by atoms with Crippen molar-refractivity contribution in [1.82, 2.24) is 5.43 Å². The molecule has 0 spiro atoms. The van der Waals surface area contributed by atoms with Gasteiger partial charge in [-0.25, -0.2) is 10.2 Å². The van der Waals surface area contributed by atoms with E-state index in [1.807, 2.05) is 24.2 Å². The zero-order valence-electron chi connectivity index (χ0n) is 8.20. The van der Waals surface area contributed by atoms with Crippen LogP contribution < -0.4 is 10.4 Å². The summed E-state index contributed by atoms with van der Waals surface area (Å²) in [4.78, 5) is 11.4. The molecule has 0 atom stereocenters. The van der Waals surface area contributed by atoms with Crippen LogP contribution in [-0.2, 0) is 11.3 Å². The summed E-state index contributed by atoms with van der Waals surface area (Å²) in [7, 11) is 3.32. The van der Waals surface area contributed by atoms with Crippen molar-refractivity contribution in [2.75, 3.05) is 19.2 Å². The van der Waals surface area contributed by atoms with Gasteiger partial charge in [0.2, 0.25) is 0 Å². The second kappa shape index (κ2) is 3.31. The highest BCUT2D eigenvalue weighted by molar-refractivity contribution is 5.93. The van der Waals surface area contributed by atoms with Crippen LogP contribution in [0, 0.1) is 0 Å². The van der Waals surface area contributed by atoms with Crippen LogP contribution in [0.1, 0.15) is 15.9 Å². The van der Waals surface area contributed by atoms with Crippen LogP contribution in [0.2, 0.25) is 0 Å². The van der Waals surface area contributed by atoms with Gasteiger partial charge in [-0.3, -0.25) is 0 Å². The monoisotopic (exact) mass is 192 g/mol. The van der Waals surface area contributed by atoms with Crippen LogP contribution >= 0.6 is 0 Å². The third kappa shape index (κ3) is 1.24. The topological polar surface area (TPSA) is 41.6 Å². The van der Waals surface area contributed by atoms with Gasteiger partial charge in [0.25, 0.3) is 0 Å². The molecular formula is C10H12N2O2. The highest BCUT2D eigenvalue weighted by Gasteiger charge is 2.21. The van der Waals surface area contributed by atoms with E-state index in [0.717, 1.165) is 11.3 Å². The Bertz CT molecular complexity index is 376. The Labute approximate surface area is 82.4 Å². The smallest absolute Gasteiger partial charge is 0.338 e. The van der Waals surface area contributed by atoms with Crippen molar-refractivity contribution in [3.8, 4) is 0 Å². The lowest BCUT2D eigenvalue weighted by Gasteiger charge is -2.11. The highest BCUT2D eigenvalue weighted by atomic mass is 16.5. The fraction of sp³-hybridized carbons (Fsp3) is 0.300. The van der Waals surface area contributed by atoms with E-state index >= 15 is 0 Å². The maximum Gasteiger partial charge on any atom is 0.338 e. The molecule has 1 aliphatic heterocycles. The number of anilines is 1. The summed E-state index contributed by atoms with van der Waals surface area (Å²) in [6, 6.07) is 5.61. The minimum Gasteiger partial charge on any atom is -0.465 e. The van der Waals surface area contributed by atoms with Crippen LogP contribution in [0.3, 0.4) is 0 Å². The predicted molar refractivity (Wildman–Crippen MR) is 53.0 cm³/mol. The van der Waals surface area contributed by atoms with E-state index in [0.29, 0.717) is 12.1 Å². The van der Waals surface area contributed by atoms with Gasteiger partial charge in [0.15, 0.2) is 0 Å². The maximum absolute atomic E-state index is 11.4. The Morgan fingerprint density at radius 1 is 1.57 bits per heavy atom. The Morgan fingerprint density at radius 2 is 2.36 bits per heavy atom. The third-order valence-corrected chi connectivity index (χ3v) is 2.41. The second-order valence-corrected chi connectivity index (χ2v) is 3.19. The van der Waals surface area contributed by atoms with Gasteiger partial charge >= 0.3 is 5.97 Å². The van der Waals surface area contributed by atoms with Crippen LogP contribution in [0.4, 0.5) is 5.69 Å². The molecule has 0 radical (unpaired) electrons. The van der Waals surface area contributed by atoms with Crippen LogP contribution in [0.5, 0.6) is 0 Å². The van der Waals surface area contributed by atoms with Crippen molar-refractivity contribution < 1.29 is 9.53 Å². The van der Waals surface area contributed by atoms with Gasteiger partial charge in [-0.2, -0.15) is 0 Å². The lowest BCUT2D eigenvalue weighted by atomic mass is 10.1. The normalized spacial score (nSPS) is 14.0. The molecule has 4 nitrogen and oxygen atoms in total. The number of carbonyl (C=O) groups excluding carboxylic acids is 1. The summed E-state index contributed by atoms with van der Waals surface area (Å²) in [5.74, 6) is -0.279. The number of hydrazine groups is 1. The first-order valence-electron chi connectivity index (χ1n) is 4.41. The number of rotatable bonds is 1. The highest BCUT2D eigenvalue weighted by Crippen LogP contribution is 2.27. The van der Waals surface area contributed by atoms with Gasteiger partial charge in [0, 0.05) is 19.2 Å². The molecule has 1 aromatic carbocycles. The van der Waals surface area contributed by atoms with Crippen molar-refractivity contribution in [3.63, 3.8) is 0 Å². The molecule has 0 saturated carbocycles. The lowest BCUT2D eigenvalue weighted by Crippen LogP contribution is -2.26. The molecular weight excluding hydrogens is 180 g/mol. The Balaban J connectivity index is 2.49. The molecule has 0 aliphatic carbocycles. The fourth-order valence-electron chi connectivity index (χ4n) is 1.66. The zero-order valence-corrected chi connectivity index (χ0v) is 8.20. The molecule has 1 heterocycles. The number of nitrogens with zero attached hydrogens (tertiary/aromatic N) is 1. The number of ether oxygens (including phenoxy) is 1. The minimum atomic E-state index is -0.279. The first-order valence-corrected chi connectivity index (χ1v) is 4.41. The number of hydrogen-bond donors (Lipinski definition) is 1. The molecule has 1 aromatic rings. The van der Waals surface area contributed by atoms with Crippen molar-refractivity contribution in [3.05, 3.63) is 29.3 Å². The molecule has 4 heteroatoms. The Hall–Kier alpha value is -1.55. The second-order valence-electron chi connectivity index (χ2n) is 3.19. The molecule has 0 bridgehead atoms.